The Morgan fingerprint density at radius 1 is 1.14 bits per heavy atom. The van der Waals surface area contributed by atoms with E-state index in [-0.39, 0.29) is 11.4 Å². The summed E-state index contributed by atoms with van der Waals surface area (Å²) >= 11 is 0. The minimum Gasteiger partial charge on any atom is -0.507 e. The third-order valence-electron chi connectivity index (χ3n) is 6.27. The van der Waals surface area contributed by atoms with E-state index in [0.29, 0.717) is 34.6 Å². The van der Waals surface area contributed by atoms with Crippen LogP contribution < -0.4 is 10.1 Å². The zero-order chi connectivity index (χ0) is 20.2. The van der Waals surface area contributed by atoms with E-state index >= 15 is 0 Å². The lowest BCUT2D eigenvalue weighted by molar-refractivity contribution is 0.0110. The summed E-state index contributed by atoms with van der Waals surface area (Å²) < 4.78 is 11.0. The Hall–Kier alpha value is -3.30. The molecule has 6 nitrogen and oxygen atoms in total. The molecule has 3 atom stereocenters. The van der Waals surface area contributed by atoms with Gasteiger partial charge in [0.05, 0.1) is 12.7 Å². The van der Waals surface area contributed by atoms with Crippen molar-refractivity contribution in [2.75, 3.05) is 19.5 Å². The predicted molar refractivity (Wildman–Crippen MR) is 111 cm³/mol. The van der Waals surface area contributed by atoms with E-state index in [2.05, 4.69) is 21.4 Å². The van der Waals surface area contributed by atoms with E-state index in [4.69, 9.17) is 15.9 Å². The Labute approximate surface area is 168 Å². The Morgan fingerprint density at radius 3 is 2.66 bits per heavy atom. The van der Waals surface area contributed by atoms with E-state index < -0.39 is 0 Å². The van der Waals surface area contributed by atoms with E-state index in [0.717, 1.165) is 29.4 Å². The van der Waals surface area contributed by atoms with Crippen molar-refractivity contribution in [2.24, 2.45) is 5.92 Å². The molecule has 6 heteroatoms. The van der Waals surface area contributed by atoms with Crippen LogP contribution in [0.1, 0.15) is 18.4 Å². The Kier molecular flexibility index (Phi) is 3.90. The Morgan fingerprint density at radius 2 is 2.00 bits per heavy atom. The molecule has 0 bridgehead atoms. The number of nitrogens with zero attached hydrogens (tertiary/aromatic N) is 2. The molecule has 2 aliphatic rings. The molecule has 1 heterocycles. The van der Waals surface area contributed by atoms with Crippen LogP contribution in [0.25, 0.3) is 22.0 Å². The van der Waals surface area contributed by atoms with Gasteiger partial charge in [-0.05, 0) is 49.2 Å². The van der Waals surface area contributed by atoms with Crippen molar-refractivity contribution in [2.45, 2.75) is 24.5 Å². The highest BCUT2D eigenvalue weighted by Gasteiger charge is 2.68. The monoisotopic (exact) mass is 387 g/mol. The number of phenolic OH excluding ortho intramolecular Hbond substituents is 1. The van der Waals surface area contributed by atoms with Gasteiger partial charge >= 0.3 is 0 Å². The second-order valence-electron chi connectivity index (χ2n) is 7.72. The quantitative estimate of drug-likeness (QED) is 0.652. The highest BCUT2D eigenvalue weighted by molar-refractivity contribution is 6.01. The van der Waals surface area contributed by atoms with Crippen molar-refractivity contribution in [3.8, 4) is 35.1 Å². The fraction of sp³-hybridized carbons (Fsp3) is 0.304. The largest absolute Gasteiger partial charge is 0.507 e. The van der Waals surface area contributed by atoms with Crippen molar-refractivity contribution >= 4 is 16.6 Å². The number of terminal acetylenes is 1. The number of nitrogens with one attached hydrogen (secondary N) is 1. The summed E-state index contributed by atoms with van der Waals surface area (Å²) in [7, 11) is 3.42. The van der Waals surface area contributed by atoms with Gasteiger partial charge in [0.25, 0.3) is 0 Å². The van der Waals surface area contributed by atoms with Gasteiger partial charge in [0.2, 0.25) is 0 Å². The maximum Gasteiger partial charge on any atom is 0.156 e. The molecule has 2 saturated carbocycles. The number of benzene rings is 2. The molecule has 2 aliphatic carbocycles. The zero-order valence-electron chi connectivity index (χ0n) is 16.3. The van der Waals surface area contributed by atoms with Gasteiger partial charge in [0.1, 0.15) is 17.2 Å². The van der Waals surface area contributed by atoms with Gasteiger partial charge < -0.3 is 19.9 Å². The van der Waals surface area contributed by atoms with E-state index in [9.17, 15) is 5.11 Å². The molecule has 3 aromatic rings. The molecule has 1 aromatic heterocycles. The van der Waals surface area contributed by atoms with E-state index in [1.54, 1.807) is 32.4 Å². The summed E-state index contributed by atoms with van der Waals surface area (Å²) in [6, 6.07) is 11.2. The normalized spacial score (nSPS) is 24.3. The summed E-state index contributed by atoms with van der Waals surface area (Å²) in [5.41, 5.74) is 1.87. The summed E-state index contributed by atoms with van der Waals surface area (Å²) in [6.45, 7) is 0. The van der Waals surface area contributed by atoms with Crippen LogP contribution in [0.4, 0.5) is 5.82 Å². The highest BCUT2D eigenvalue weighted by Crippen LogP contribution is 2.62. The number of methoxy groups -OCH3 is 2. The molecular weight excluding hydrogens is 366 g/mol. The lowest BCUT2D eigenvalue weighted by Gasteiger charge is -2.34. The van der Waals surface area contributed by atoms with Crippen LogP contribution in [0.15, 0.2) is 36.4 Å². The Bertz CT molecular complexity index is 1170. The number of aromatic nitrogens is 2. The van der Waals surface area contributed by atoms with Gasteiger partial charge in [-0.2, -0.15) is 0 Å². The number of aromatic hydroxyl groups is 1. The first-order chi connectivity index (χ1) is 14.1. The number of ether oxygens (including phenoxy) is 2. The standard InChI is InChI=1S/C23H21N3O3/c1-4-13-5-7-16(20(27)9-13)21-15-8-6-14(28-2)10-17(15)22(26-25-21)24-19-12-23(29-3)11-18(19)23/h1,5-10,18-19,27H,11-12H2,2-3H3,(H,24,26)/t18?,19?,23-/m0/s1. The smallest absolute Gasteiger partial charge is 0.156 e. The molecule has 2 aromatic carbocycles. The summed E-state index contributed by atoms with van der Waals surface area (Å²) in [5.74, 6) is 4.57. The first-order valence-electron chi connectivity index (χ1n) is 9.54. The van der Waals surface area contributed by atoms with E-state index in [1.807, 2.05) is 18.2 Å². The molecule has 146 valence electrons. The fourth-order valence-electron chi connectivity index (χ4n) is 4.44. The number of phenols is 1. The average Bonchev–Trinajstić information content (AvgIpc) is 3.36. The molecule has 29 heavy (non-hydrogen) atoms. The molecule has 0 radical (unpaired) electrons. The molecule has 2 unspecified atom stereocenters. The molecule has 0 amide bonds. The third-order valence-corrected chi connectivity index (χ3v) is 6.27. The van der Waals surface area contributed by atoms with Crippen LogP contribution in [-0.2, 0) is 4.74 Å². The lowest BCUT2D eigenvalue weighted by atomic mass is 9.89. The minimum atomic E-state index is 0.0725. The lowest BCUT2D eigenvalue weighted by Crippen LogP contribution is -2.42. The zero-order valence-corrected chi connectivity index (χ0v) is 16.3. The molecule has 5 rings (SSSR count). The SMILES string of the molecule is C#Cc1ccc(-c2nnc(NC3C[C@@]4(OC)CC34)c3cc(OC)ccc23)c(O)c1. The maximum atomic E-state index is 10.5. The first kappa shape index (κ1) is 17.8. The predicted octanol–water partition coefficient (Wildman–Crippen LogP) is 3.58. The number of anilines is 1. The highest BCUT2D eigenvalue weighted by atomic mass is 16.5. The number of rotatable bonds is 5. The van der Waals surface area contributed by atoms with Crippen LogP contribution in [0.5, 0.6) is 11.5 Å². The van der Waals surface area contributed by atoms with Crippen molar-refractivity contribution in [1.82, 2.24) is 10.2 Å². The van der Waals surface area contributed by atoms with Crippen LogP contribution in [0, 0.1) is 18.3 Å². The fourth-order valence-corrected chi connectivity index (χ4v) is 4.44. The van der Waals surface area contributed by atoms with Crippen LogP contribution >= 0.6 is 0 Å². The third kappa shape index (κ3) is 2.70. The summed E-state index contributed by atoms with van der Waals surface area (Å²) in [6.07, 6.45) is 7.48. The number of hydrogen-bond acceptors (Lipinski definition) is 6. The molecule has 0 saturated heterocycles. The van der Waals surface area contributed by atoms with E-state index in [1.165, 1.54) is 0 Å². The van der Waals surface area contributed by atoms with Crippen molar-refractivity contribution < 1.29 is 14.6 Å². The summed E-state index contributed by atoms with van der Waals surface area (Å²) in [5, 5.41) is 24.7. The molecular formula is C23H21N3O3. The topological polar surface area (TPSA) is 76.5 Å². The van der Waals surface area contributed by atoms with Gasteiger partial charge in [-0.1, -0.05) is 5.92 Å². The van der Waals surface area contributed by atoms with Gasteiger partial charge in [0, 0.05) is 41.0 Å². The summed E-state index contributed by atoms with van der Waals surface area (Å²) in [4.78, 5) is 0. The Balaban J connectivity index is 1.58. The van der Waals surface area contributed by atoms with Gasteiger partial charge in [-0.15, -0.1) is 16.6 Å². The molecule has 2 N–H and O–H groups in total. The van der Waals surface area contributed by atoms with Gasteiger partial charge in [-0.25, -0.2) is 0 Å². The van der Waals surface area contributed by atoms with Crippen LogP contribution in [0.3, 0.4) is 0 Å². The first-order valence-corrected chi connectivity index (χ1v) is 9.54. The second kappa shape index (κ2) is 6.36. The average molecular weight is 387 g/mol. The van der Waals surface area contributed by atoms with Crippen LogP contribution in [0.2, 0.25) is 0 Å². The molecule has 0 spiro atoms. The van der Waals surface area contributed by atoms with Gasteiger partial charge in [0.15, 0.2) is 5.82 Å². The van der Waals surface area contributed by atoms with Crippen LogP contribution in [-0.4, -0.2) is 41.2 Å². The number of fused-ring (bicyclic) bond motifs is 2. The minimum absolute atomic E-state index is 0.0725. The van der Waals surface area contributed by atoms with Crippen molar-refractivity contribution in [3.63, 3.8) is 0 Å². The van der Waals surface area contributed by atoms with Crippen molar-refractivity contribution in [1.29, 1.82) is 0 Å². The molecule has 2 fully saturated rings. The molecule has 0 aliphatic heterocycles. The second-order valence-corrected chi connectivity index (χ2v) is 7.72. The van der Waals surface area contributed by atoms with Crippen molar-refractivity contribution in [3.05, 3.63) is 42.0 Å². The van der Waals surface area contributed by atoms with Gasteiger partial charge in [-0.3, -0.25) is 0 Å². The number of hydrogen-bond donors (Lipinski definition) is 2. The maximum absolute atomic E-state index is 10.5.